The summed E-state index contributed by atoms with van der Waals surface area (Å²) in [4.78, 5) is 27.2. The lowest BCUT2D eigenvalue weighted by Crippen LogP contribution is -2.43. The Hall–Kier alpha value is -1.62. The average molecular weight is 470 g/mol. The van der Waals surface area contributed by atoms with E-state index in [1.54, 1.807) is 26.3 Å². The van der Waals surface area contributed by atoms with Crippen LogP contribution in [0.4, 0.5) is 5.69 Å². The van der Waals surface area contributed by atoms with Crippen LogP contribution in [0.25, 0.3) is 0 Å². The number of fused-ring (bicyclic) bond motifs is 1. The average Bonchev–Trinajstić information content (AvgIpc) is 2.78. The second-order valence-corrected chi connectivity index (χ2v) is 10.9. The molecule has 2 amide bonds. The van der Waals surface area contributed by atoms with Crippen LogP contribution >= 0.6 is 11.8 Å². The van der Waals surface area contributed by atoms with Crippen molar-refractivity contribution in [3.05, 3.63) is 18.2 Å². The normalized spacial score (nSPS) is 17.6. The van der Waals surface area contributed by atoms with Crippen LogP contribution in [0.15, 0.2) is 28.0 Å². The fraction of sp³-hybridized carbons (Fsp3) is 0.619. The van der Waals surface area contributed by atoms with Crippen LogP contribution in [0, 0.1) is 0 Å². The largest absolute Gasteiger partial charge is 0.385 e. The number of amides is 2. The molecule has 0 spiro atoms. The molecule has 0 aromatic heterocycles. The van der Waals surface area contributed by atoms with Crippen LogP contribution in [0.5, 0.6) is 0 Å². The Bertz CT molecular complexity index is 900. The van der Waals surface area contributed by atoms with Gasteiger partial charge in [-0.15, -0.1) is 11.8 Å². The molecule has 1 fully saturated rings. The van der Waals surface area contributed by atoms with E-state index in [1.807, 2.05) is 0 Å². The van der Waals surface area contributed by atoms with Gasteiger partial charge in [-0.05, 0) is 37.5 Å². The topological polar surface area (TPSA) is 96.0 Å². The predicted molar refractivity (Wildman–Crippen MR) is 121 cm³/mol. The Labute approximate surface area is 188 Å². The van der Waals surface area contributed by atoms with E-state index in [4.69, 9.17) is 4.74 Å². The molecule has 1 aromatic rings. The van der Waals surface area contributed by atoms with Gasteiger partial charge < -0.3 is 15.0 Å². The van der Waals surface area contributed by atoms with Crippen molar-refractivity contribution < 1.29 is 22.7 Å². The number of nitrogens with one attached hydrogen (secondary N) is 1. The first-order valence-electron chi connectivity index (χ1n) is 10.7. The van der Waals surface area contributed by atoms with E-state index < -0.39 is 10.0 Å². The minimum atomic E-state index is -3.69. The quantitative estimate of drug-likeness (QED) is 0.557. The highest BCUT2D eigenvalue weighted by atomic mass is 32.2. The molecular weight excluding hydrogens is 438 g/mol. The molecule has 1 aliphatic carbocycles. The van der Waals surface area contributed by atoms with E-state index in [-0.39, 0.29) is 35.0 Å². The highest BCUT2D eigenvalue weighted by molar-refractivity contribution is 8.00. The molecule has 0 radical (unpaired) electrons. The number of anilines is 1. The number of hydrogen-bond acceptors (Lipinski definition) is 6. The summed E-state index contributed by atoms with van der Waals surface area (Å²) in [6.45, 7) is 0.858. The lowest BCUT2D eigenvalue weighted by Gasteiger charge is -2.32. The van der Waals surface area contributed by atoms with Crippen molar-refractivity contribution in [3.8, 4) is 0 Å². The van der Waals surface area contributed by atoms with Crippen molar-refractivity contribution in [1.29, 1.82) is 0 Å². The molecule has 1 heterocycles. The van der Waals surface area contributed by atoms with Crippen LogP contribution < -0.4 is 10.2 Å². The molecule has 3 rings (SSSR count). The fourth-order valence-corrected chi connectivity index (χ4v) is 6.32. The van der Waals surface area contributed by atoms with Gasteiger partial charge in [-0.25, -0.2) is 8.42 Å². The van der Waals surface area contributed by atoms with Crippen molar-refractivity contribution in [1.82, 2.24) is 9.62 Å². The molecule has 1 N–H and O–H groups in total. The number of sulfonamides is 1. The Morgan fingerprint density at radius 3 is 2.74 bits per heavy atom. The second-order valence-electron chi connectivity index (χ2n) is 7.91. The Morgan fingerprint density at radius 2 is 2.03 bits per heavy atom. The number of benzene rings is 1. The van der Waals surface area contributed by atoms with E-state index in [9.17, 15) is 18.0 Å². The molecule has 0 unspecified atom stereocenters. The van der Waals surface area contributed by atoms with Gasteiger partial charge in [-0.2, -0.15) is 4.31 Å². The van der Waals surface area contributed by atoms with Crippen LogP contribution in [-0.4, -0.2) is 70.2 Å². The Balaban J connectivity index is 1.79. The van der Waals surface area contributed by atoms with E-state index >= 15 is 0 Å². The fourth-order valence-electron chi connectivity index (χ4n) is 3.97. The van der Waals surface area contributed by atoms with Crippen LogP contribution in [0.2, 0.25) is 0 Å². The van der Waals surface area contributed by atoms with Gasteiger partial charge in [-0.1, -0.05) is 19.3 Å². The van der Waals surface area contributed by atoms with Crippen LogP contribution in [0.1, 0.15) is 38.5 Å². The van der Waals surface area contributed by atoms with Crippen molar-refractivity contribution in [2.45, 2.75) is 54.4 Å². The Kier molecular flexibility index (Phi) is 8.37. The summed E-state index contributed by atoms with van der Waals surface area (Å²) in [6, 6.07) is 4.86. The van der Waals surface area contributed by atoms with E-state index in [0.29, 0.717) is 25.3 Å². The number of rotatable bonds is 9. The SMILES string of the molecule is COCCCNC(=O)CN1C(=O)CSc2ccc(S(=O)(=O)N(C)C3CCCCC3)cc21. The molecule has 172 valence electrons. The molecular formula is C21H31N3O5S2. The van der Waals surface area contributed by atoms with Gasteiger partial charge in [0.2, 0.25) is 21.8 Å². The molecule has 1 saturated carbocycles. The van der Waals surface area contributed by atoms with Gasteiger partial charge in [0.15, 0.2) is 0 Å². The monoisotopic (exact) mass is 469 g/mol. The highest BCUT2D eigenvalue weighted by Crippen LogP contribution is 2.37. The zero-order valence-corrected chi connectivity index (χ0v) is 19.8. The molecule has 0 bridgehead atoms. The number of nitrogens with zero attached hydrogens (tertiary/aromatic N) is 2. The third kappa shape index (κ3) is 5.79. The number of carbonyl (C=O) groups excluding carboxylic acids is 2. The van der Waals surface area contributed by atoms with Crippen molar-refractivity contribution in [3.63, 3.8) is 0 Å². The standard InChI is InChI=1S/C21H31N3O5S2/c1-23(16-7-4-3-5-8-16)31(27,28)17-9-10-19-18(13-17)24(21(26)15-30-19)14-20(25)22-11-6-12-29-2/h9-10,13,16H,3-8,11-12,14-15H2,1-2H3,(H,22,25). The summed E-state index contributed by atoms with van der Waals surface area (Å²) in [5.74, 6) is -0.271. The lowest BCUT2D eigenvalue weighted by molar-refractivity contribution is -0.123. The molecule has 10 heteroatoms. The summed E-state index contributed by atoms with van der Waals surface area (Å²) < 4.78 is 32.9. The first kappa shape index (κ1) is 24.0. The smallest absolute Gasteiger partial charge is 0.243 e. The van der Waals surface area contributed by atoms with Gasteiger partial charge in [0.25, 0.3) is 0 Å². The lowest BCUT2D eigenvalue weighted by atomic mass is 9.96. The second kappa shape index (κ2) is 10.8. The van der Waals surface area contributed by atoms with Gasteiger partial charge in [0, 0.05) is 38.2 Å². The highest BCUT2D eigenvalue weighted by Gasteiger charge is 2.32. The van der Waals surface area contributed by atoms with Crippen molar-refractivity contribution in [2.75, 3.05) is 44.5 Å². The molecule has 1 aromatic carbocycles. The summed E-state index contributed by atoms with van der Waals surface area (Å²) in [5, 5.41) is 2.78. The molecule has 1 aliphatic heterocycles. The van der Waals surface area contributed by atoms with Gasteiger partial charge in [0.05, 0.1) is 16.3 Å². The van der Waals surface area contributed by atoms with Gasteiger partial charge in [-0.3, -0.25) is 9.59 Å². The van der Waals surface area contributed by atoms with Crippen LogP contribution in [0.3, 0.4) is 0 Å². The van der Waals surface area contributed by atoms with Crippen molar-refractivity contribution in [2.24, 2.45) is 0 Å². The first-order valence-corrected chi connectivity index (χ1v) is 13.1. The maximum Gasteiger partial charge on any atom is 0.243 e. The molecule has 2 aliphatic rings. The van der Waals surface area contributed by atoms with E-state index in [1.165, 1.54) is 27.0 Å². The summed E-state index contributed by atoms with van der Waals surface area (Å²) in [6.07, 6.45) is 5.62. The Morgan fingerprint density at radius 1 is 1.29 bits per heavy atom. The minimum Gasteiger partial charge on any atom is -0.385 e. The minimum absolute atomic E-state index is 0.000213. The van der Waals surface area contributed by atoms with E-state index in [2.05, 4.69) is 5.32 Å². The predicted octanol–water partition coefficient (Wildman–Crippen LogP) is 2.23. The van der Waals surface area contributed by atoms with Crippen molar-refractivity contribution >= 4 is 39.3 Å². The molecule has 31 heavy (non-hydrogen) atoms. The molecule has 0 saturated heterocycles. The van der Waals surface area contributed by atoms with E-state index in [0.717, 1.165) is 37.0 Å². The summed E-state index contributed by atoms with van der Waals surface area (Å²) >= 11 is 1.36. The number of ether oxygens (including phenoxy) is 1. The maximum atomic E-state index is 13.3. The molecule has 8 nitrogen and oxygen atoms in total. The zero-order valence-electron chi connectivity index (χ0n) is 18.1. The summed E-state index contributed by atoms with van der Waals surface area (Å²) in [5.41, 5.74) is 0.478. The van der Waals surface area contributed by atoms with Gasteiger partial charge >= 0.3 is 0 Å². The van der Waals surface area contributed by atoms with Gasteiger partial charge in [0.1, 0.15) is 6.54 Å². The third-order valence-corrected chi connectivity index (χ3v) is 8.74. The molecule has 0 atom stereocenters. The first-order chi connectivity index (χ1) is 14.8. The zero-order chi connectivity index (χ0) is 22.4. The summed E-state index contributed by atoms with van der Waals surface area (Å²) in [7, 11) is -0.458. The maximum absolute atomic E-state index is 13.3. The third-order valence-electron chi connectivity index (χ3n) is 5.79. The van der Waals surface area contributed by atoms with Crippen LogP contribution in [-0.2, 0) is 24.3 Å². The number of thioether (sulfide) groups is 1. The number of hydrogen-bond donors (Lipinski definition) is 1. The number of carbonyl (C=O) groups is 2. The number of methoxy groups -OCH3 is 1.